The fraction of sp³-hybridized carbons (Fsp3) is 0.381. The summed E-state index contributed by atoms with van der Waals surface area (Å²) in [4.78, 5) is 12.3. The third-order valence-corrected chi connectivity index (χ3v) is 4.13. The van der Waals surface area contributed by atoms with E-state index >= 15 is 0 Å². The summed E-state index contributed by atoms with van der Waals surface area (Å²) < 4.78 is 16.6. The number of aryl methyl sites for hydroxylation is 2. The van der Waals surface area contributed by atoms with Crippen molar-refractivity contribution in [3.8, 4) is 17.2 Å². The van der Waals surface area contributed by atoms with E-state index in [2.05, 4.69) is 5.32 Å². The molecule has 0 saturated heterocycles. The first kappa shape index (κ1) is 19.6. The Bertz CT molecular complexity index is 730. The topological polar surface area (TPSA) is 56.8 Å². The van der Waals surface area contributed by atoms with Gasteiger partial charge in [0.2, 0.25) is 0 Å². The smallest absolute Gasteiger partial charge is 0.261 e. The Labute approximate surface area is 155 Å². The van der Waals surface area contributed by atoms with Crippen molar-refractivity contribution >= 4 is 5.91 Å². The van der Waals surface area contributed by atoms with Gasteiger partial charge >= 0.3 is 0 Å². The van der Waals surface area contributed by atoms with E-state index in [0.29, 0.717) is 31.1 Å². The van der Waals surface area contributed by atoms with E-state index in [1.165, 1.54) is 5.56 Å². The predicted octanol–water partition coefficient (Wildman–Crippen LogP) is 3.66. The number of hydrogen-bond donors (Lipinski definition) is 1. The molecule has 2 rings (SSSR count). The molecule has 26 heavy (non-hydrogen) atoms. The molecule has 2 aromatic carbocycles. The lowest BCUT2D eigenvalue weighted by molar-refractivity contribution is -0.128. The maximum absolute atomic E-state index is 12.3. The molecular weight excluding hydrogens is 330 g/mol. The highest BCUT2D eigenvalue weighted by atomic mass is 16.5. The lowest BCUT2D eigenvalue weighted by atomic mass is 10.1. The highest BCUT2D eigenvalue weighted by Gasteiger charge is 2.18. The van der Waals surface area contributed by atoms with Gasteiger partial charge in [0.05, 0.1) is 13.7 Å². The third kappa shape index (κ3) is 5.69. The van der Waals surface area contributed by atoms with Crippen LogP contribution in [0.5, 0.6) is 17.2 Å². The van der Waals surface area contributed by atoms with Crippen LogP contribution in [-0.4, -0.2) is 32.3 Å². The number of ether oxygens (including phenoxy) is 3. The number of carbonyl (C=O) groups excluding carboxylic acids is 1. The maximum Gasteiger partial charge on any atom is 0.261 e. The molecule has 0 aliphatic heterocycles. The van der Waals surface area contributed by atoms with Gasteiger partial charge in [-0.2, -0.15) is 0 Å². The first-order valence-electron chi connectivity index (χ1n) is 8.82. The van der Waals surface area contributed by atoms with Crippen LogP contribution in [0, 0.1) is 13.8 Å². The molecule has 0 radical (unpaired) electrons. The minimum Gasteiger partial charge on any atom is -0.497 e. The molecule has 1 amide bonds. The van der Waals surface area contributed by atoms with Gasteiger partial charge in [-0.25, -0.2) is 0 Å². The molecule has 0 fully saturated rings. The molecule has 0 unspecified atom stereocenters. The number of nitrogens with one attached hydrogen (secondary N) is 1. The number of benzene rings is 2. The second-order valence-corrected chi connectivity index (χ2v) is 6.08. The van der Waals surface area contributed by atoms with Crippen molar-refractivity contribution in [1.82, 2.24) is 5.32 Å². The zero-order valence-corrected chi connectivity index (χ0v) is 15.9. The molecule has 0 spiro atoms. The molecule has 5 nitrogen and oxygen atoms in total. The van der Waals surface area contributed by atoms with E-state index in [0.717, 1.165) is 11.3 Å². The number of amides is 1. The Hall–Kier alpha value is -2.69. The lowest BCUT2D eigenvalue weighted by Crippen LogP contribution is -2.39. The number of rotatable bonds is 9. The van der Waals surface area contributed by atoms with E-state index in [9.17, 15) is 4.79 Å². The molecule has 0 aromatic heterocycles. The van der Waals surface area contributed by atoms with Crippen LogP contribution >= 0.6 is 0 Å². The quantitative estimate of drug-likeness (QED) is 0.696. The Morgan fingerprint density at radius 3 is 2.50 bits per heavy atom. The van der Waals surface area contributed by atoms with Crippen molar-refractivity contribution in [1.29, 1.82) is 0 Å². The summed E-state index contributed by atoms with van der Waals surface area (Å²) in [5, 5.41) is 2.86. The highest BCUT2D eigenvalue weighted by Crippen LogP contribution is 2.19. The monoisotopic (exact) mass is 357 g/mol. The second kappa shape index (κ2) is 9.70. The lowest BCUT2D eigenvalue weighted by Gasteiger charge is -2.18. The average molecular weight is 357 g/mol. The van der Waals surface area contributed by atoms with E-state index in [-0.39, 0.29) is 5.91 Å². The first-order valence-corrected chi connectivity index (χ1v) is 8.82. The molecule has 1 N–H and O–H groups in total. The van der Waals surface area contributed by atoms with Crippen molar-refractivity contribution in [2.24, 2.45) is 0 Å². The number of carbonyl (C=O) groups is 1. The molecule has 1 atom stereocenters. The van der Waals surface area contributed by atoms with Crippen molar-refractivity contribution in [3.63, 3.8) is 0 Å². The summed E-state index contributed by atoms with van der Waals surface area (Å²) in [6, 6.07) is 13.2. The van der Waals surface area contributed by atoms with E-state index in [4.69, 9.17) is 14.2 Å². The van der Waals surface area contributed by atoms with Gasteiger partial charge in [-0.3, -0.25) is 4.79 Å². The SMILES string of the molecule is CC[C@@H](Oc1ccc(C)c(C)c1)C(=O)NCCOc1cccc(OC)c1. The summed E-state index contributed by atoms with van der Waals surface area (Å²) in [5.41, 5.74) is 2.34. The minimum absolute atomic E-state index is 0.139. The van der Waals surface area contributed by atoms with Crippen molar-refractivity contribution in [2.75, 3.05) is 20.3 Å². The zero-order valence-electron chi connectivity index (χ0n) is 15.9. The molecule has 0 heterocycles. The van der Waals surface area contributed by atoms with Crippen LogP contribution in [0.25, 0.3) is 0 Å². The first-order chi connectivity index (χ1) is 12.5. The van der Waals surface area contributed by atoms with Gasteiger partial charge in [0.15, 0.2) is 6.10 Å². The molecular formula is C21H27NO4. The van der Waals surface area contributed by atoms with Gasteiger partial charge < -0.3 is 19.5 Å². The molecule has 0 bridgehead atoms. The maximum atomic E-state index is 12.3. The van der Waals surface area contributed by atoms with Gasteiger partial charge in [-0.05, 0) is 55.7 Å². The second-order valence-electron chi connectivity index (χ2n) is 6.08. The van der Waals surface area contributed by atoms with Crippen LogP contribution in [0.3, 0.4) is 0 Å². The van der Waals surface area contributed by atoms with Crippen LogP contribution in [0.2, 0.25) is 0 Å². The molecule has 0 aliphatic rings. The molecule has 5 heteroatoms. The fourth-order valence-corrected chi connectivity index (χ4v) is 2.42. The Balaban J connectivity index is 1.80. The zero-order chi connectivity index (χ0) is 18.9. The van der Waals surface area contributed by atoms with Crippen LogP contribution < -0.4 is 19.5 Å². The largest absolute Gasteiger partial charge is 0.497 e. The van der Waals surface area contributed by atoms with Gasteiger partial charge in [0.25, 0.3) is 5.91 Å². The van der Waals surface area contributed by atoms with Crippen molar-refractivity contribution in [3.05, 3.63) is 53.6 Å². The van der Waals surface area contributed by atoms with Crippen LogP contribution in [-0.2, 0) is 4.79 Å². The minimum atomic E-state index is -0.520. The van der Waals surface area contributed by atoms with Gasteiger partial charge in [-0.15, -0.1) is 0 Å². The summed E-state index contributed by atoms with van der Waals surface area (Å²) in [5.74, 6) is 2.01. The van der Waals surface area contributed by atoms with E-state index in [1.807, 2.05) is 57.2 Å². The molecule has 0 aliphatic carbocycles. The summed E-state index contributed by atoms with van der Waals surface area (Å²) in [6.45, 7) is 6.78. The summed E-state index contributed by atoms with van der Waals surface area (Å²) >= 11 is 0. The van der Waals surface area contributed by atoms with Gasteiger partial charge in [0, 0.05) is 6.07 Å². The third-order valence-electron chi connectivity index (χ3n) is 4.13. The summed E-state index contributed by atoms with van der Waals surface area (Å²) in [6.07, 6.45) is 0.0732. The van der Waals surface area contributed by atoms with Crippen LogP contribution in [0.4, 0.5) is 0 Å². The predicted molar refractivity (Wildman–Crippen MR) is 102 cm³/mol. The fourth-order valence-electron chi connectivity index (χ4n) is 2.42. The van der Waals surface area contributed by atoms with Gasteiger partial charge in [-0.1, -0.05) is 19.1 Å². The van der Waals surface area contributed by atoms with Crippen molar-refractivity contribution < 1.29 is 19.0 Å². The molecule has 0 saturated carbocycles. The Morgan fingerprint density at radius 1 is 1.04 bits per heavy atom. The molecule has 2 aromatic rings. The number of methoxy groups -OCH3 is 1. The standard InChI is InChI=1S/C21H27NO4/c1-5-20(26-19-10-9-15(2)16(3)13-19)21(23)22-11-12-25-18-8-6-7-17(14-18)24-4/h6-10,13-14,20H,5,11-12H2,1-4H3,(H,22,23)/t20-/m1/s1. The Morgan fingerprint density at radius 2 is 1.81 bits per heavy atom. The Kier molecular flexibility index (Phi) is 7.33. The van der Waals surface area contributed by atoms with Gasteiger partial charge in [0.1, 0.15) is 23.9 Å². The van der Waals surface area contributed by atoms with Crippen LogP contribution in [0.15, 0.2) is 42.5 Å². The normalized spacial score (nSPS) is 11.5. The summed E-state index contributed by atoms with van der Waals surface area (Å²) in [7, 11) is 1.61. The van der Waals surface area contributed by atoms with Crippen molar-refractivity contribution in [2.45, 2.75) is 33.3 Å². The number of hydrogen-bond acceptors (Lipinski definition) is 4. The van der Waals surface area contributed by atoms with E-state index < -0.39 is 6.10 Å². The van der Waals surface area contributed by atoms with Crippen LogP contribution in [0.1, 0.15) is 24.5 Å². The average Bonchev–Trinajstić information content (AvgIpc) is 2.66. The van der Waals surface area contributed by atoms with E-state index in [1.54, 1.807) is 13.2 Å². The molecule has 140 valence electrons. The highest BCUT2D eigenvalue weighted by molar-refractivity contribution is 5.81.